The predicted octanol–water partition coefficient (Wildman–Crippen LogP) is 6.22. The molecule has 1 aliphatic rings. The molecule has 7 heteroatoms. The molecule has 0 amide bonds. The van der Waals surface area contributed by atoms with Crippen LogP contribution < -0.4 is 14.8 Å². The molecule has 0 saturated heterocycles. The van der Waals surface area contributed by atoms with E-state index < -0.39 is 0 Å². The number of aliphatic hydroxyl groups is 1. The van der Waals surface area contributed by atoms with Gasteiger partial charge < -0.3 is 19.9 Å². The summed E-state index contributed by atoms with van der Waals surface area (Å²) >= 11 is 0. The predicted molar refractivity (Wildman–Crippen MR) is 146 cm³/mol. The normalized spacial score (nSPS) is 13.5. The van der Waals surface area contributed by atoms with E-state index in [2.05, 4.69) is 23.6 Å². The molecule has 0 radical (unpaired) electrons. The molecule has 0 spiro atoms. The molecule has 0 bridgehead atoms. The SMILES string of the molecule is C=C(/C=C\C=C(/C)n1ncc(C(=C)O)c1OC)c1cccc(C)c1OCc1cc(F)c2c(c1)CCNC2. The number of methoxy groups -OCH3 is 1. The quantitative estimate of drug-likeness (QED) is 0.269. The van der Waals surface area contributed by atoms with Crippen molar-refractivity contribution >= 4 is 17.0 Å². The number of halogens is 1. The summed E-state index contributed by atoms with van der Waals surface area (Å²) in [6.07, 6.45) is 7.93. The zero-order valence-corrected chi connectivity index (χ0v) is 21.5. The molecular weight excluding hydrogens is 469 g/mol. The van der Waals surface area contributed by atoms with Crippen molar-refractivity contribution in [2.45, 2.75) is 33.4 Å². The van der Waals surface area contributed by atoms with Crippen molar-refractivity contribution in [3.05, 3.63) is 107 Å². The molecule has 6 nitrogen and oxygen atoms in total. The Morgan fingerprint density at radius 3 is 2.84 bits per heavy atom. The Bertz CT molecular complexity index is 1400. The van der Waals surface area contributed by atoms with Crippen LogP contribution in [-0.4, -0.2) is 28.5 Å². The molecule has 0 unspecified atom stereocenters. The second-order valence-electron chi connectivity index (χ2n) is 9.00. The molecule has 1 aromatic heterocycles. The molecule has 2 aromatic carbocycles. The number of aryl methyl sites for hydroxylation is 1. The van der Waals surface area contributed by atoms with E-state index in [4.69, 9.17) is 9.47 Å². The van der Waals surface area contributed by atoms with Crippen molar-refractivity contribution in [2.75, 3.05) is 13.7 Å². The number of nitrogens with one attached hydrogen (secondary N) is 1. The summed E-state index contributed by atoms with van der Waals surface area (Å²) < 4.78 is 27.8. The van der Waals surface area contributed by atoms with Crippen LogP contribution in [-0.2, 0) is 19.6 Å². The number of nitrogens with zero attached hydrogens (tertiary/aromatic N) is 2. The average molecular weight is 502 g/mol. The summed E-state index contributed by atoms with van der Waals surface area (Å²) in [6.45, 7) is 13.3. The summed E-state index contributed by atoms with van der Waals surface area (Å²) in [4.78, 5) is 0. The fraction of sp³-hybridized carbons (Fsp3) is 0.233. The minimum atomic E-state index is -0.188. The number of para-hydroxylation sites is 1. The minimum absolute atomic E-state index is 0.109. The zero-order valence-electron chi connectivity index (χ0n) is 21.5. The molecule has 192 valence electrons. The van der Waals surface area contributed by atoms with Gasteiger partial charge in [-0.2, -0.15) is 5.10 Å². The summed E-state index contributed by atoms with van der Waals surface area (Å²) in [6, 6.07) is 9.50. The van der Waals surface area contributed by atoms with Crippen molar-refractivity contribution in [1.29, 1.82) is 0 Å². The third-order valence-electron chi connectivity index (χ3n) is 6.36. The maximum Gasteiger partial charge on any atom is 0.227 e. The summed E-state index contributed by atoms with van der Waals surface area (Å²) in [7, 11) is 1.51. The van der Waals surface area contributed by atoms with E-state index in [0.717, 1.165) is 57.8 Å². The third-order valence-corrected chi connectivity index (χ3v) is 6.36. The minimum Gasteiger partial charge on any atom is -0.508 e. The van der Waals surface area contributed by atoms with Gasteiger partial charge in [-0.1, -0.05) is 49.6 Å². The smallest absolute Gasteiger partial charge is 0.227 e. The molecule has 0 atom stereocenters. The molecule has 0 saturated carbocycles. The number of rotatable bonds is 9. The fourth-order valence-corrected chi connectivity index (χ4v) is 4.40. The van der Waals surface area contributed by atoms with Gasteiger partial charge in [-0.3, -0.25) is 0 Å². The molecule has 2 heterocycles. The van der Waals surface area contributed by atoms with E-state index in [1.54, 1.807) is 10.7 Å². The van der Waals surface area contributed by atoms with Gasteiger partial charge in [0.15, 0.2) is 0 Å². The monoisotopic (exact) mass is 501 g/mol. The molecule has 4 rings (SSSR count). The Labute approximate surface area is 217 Å². The van der Waals surface area contributed by atoms with E-state index in [0.29, 0.717) is 18.0 Å². The van der Waals surface area contributed by atoms with Crippen LogP contribution >= 0.6 is 0 Å². The second-order valence-corrected chi connectivity index (χ2v) is 9.00. The molecule has 0 fully saturated rings. The van der Waals surface area contributed by atoms with Crippen LogP contribution in [0, 0.1) is 12.7 Å². The molecule has 0 aliphatic carbocycles. The second kappa shape index (κ2) is 11.3. The van der Waals surface area contributed by atoms with E-state index >= 15 is 0 Å². The Morgan fingerprint density at radius 2 is 2.08 bits per heavy atom. The van der Waals surface area contributed by atoms with Crippen molar-refractivity contribution in [2.24, 2.45) is 0 Å². The van der Waals surface area contributed by atoms with Gasteiger partial charge in [0.25, 0.3) is 0 Å². The van der Waals surface area contributed by atoms with Gasteiger partial charge in [0.2, 0.25) is 5.88 Å². The number of aromatic nitrogens is 2. The first kappa shape index (κ1) is 26.0. The lowest BCUT2D eigenvalue weighted by atomic mass is 9.98. The number of hydrogen-bond acceptors (Lipinski definition) is 5. The average Bonchev–Trinajstić information content (AvgIpc) is 3.32. The van der Waals surface area contributed by atoms with Crippen molar-refractivity contribution in [3.8, 4) is 11.6 Å². The number of aliphatic hydroxyl groups excluding tert-OH is 1. The number of benzene rings is 2. The van der Waals surface area contributed by atoms with Crippen LogP contribution in [0.15, 0.2) is 67.9 Å². The van der Waals surface area contributed by atoms with Gasteiger partial charge >= 0.3 is 0 Å². The van der Waals surface area contributed by atoms with Gasteiger partial charge in [0, 0.05) is 23.4 Å². The van der Waals surface area contributed by atoms with Crippen LogP contribution in [0.3, 0.4) is 0 Å². The van der Waals surface area contributed by atoms with Gasteiger partial charge in [0.05, 0.1) is 18.9 Å². The van der Waals surface area contributed by atoms with E-state index in [9.17, 15) is 9.50 Å². The maximum absolute atomic E-state index is 14.6. The first-order valence-electron chi connectivity index (χ1n) is 12.1. The van der Waals surface area contributed by atoms with Crippen molar-refractivity contribution in [1.82, 2.24) is 15.1 Å². The van der Waals surface area contributed by atoms with Crippen molar-refractivity contribution < 1.29 is 19.0 Å². The Balaban J connectivity index is 1.51. The molecular formula is C30H32FN3O3. The lowest BCUT2D eigenvalue weighted by molar-refractivity contribution is 0.302. The van der Waals surface area contributed by atoms with Gasteiger partial charge in [-0.15, -0.1) is 0 Å². The Kier molecular flexibility index (Phi) is 7.94. The van der Waals surface area contributed by atoms with Crippen molar-refractivity contribution in [3.63, 3.8) is 0 Å². The summed E-state index contributed by atoms with van der Waals surface area (Å²) in [5.41, 5.74) is 6.41. The van der Waals surface area contributed by atoms with Crippen LogP contribution in [0.5, 0.6) is 11.6 Å². The highest BCUT2D eigenvalue weighted by molar-refractivity contribution is 5.77. The number of hydrogen-bond donors (Lipinski definition) is 2. The largest absolute Gasteiger partial charge is 0.508 e. The van der Waals surface area contributed by atoms with Crippen LogP contribution in [0.2, 0.25) is 0 Å². The first-order valence-corrected chi connectivity index (χ1v) is 12.1. The van der Waals surface area contributed by atoms with E-state index in [1.165, 1.54) is 13.3 Å². The van der Waals surface area contributed by atoms with E-state index in [1.807, 2.05) is 56.3 Å². The highest BCUT2D eigenvalue weighted by Gasteiger charge is 2.16. The van der Waals surface area contributed by atoms with Gasteiger partial charge in [-0.25, -0.2) is 9.07 Å². The highest BCUT2D eigenvalue weighted by atomic mass is 19.1. The fourth-order valence-electron chi connectivity index (χ4n) is 4.40. The number of ether oxygens (including phenoxy) is 2. The lowest BCUT2D eigenvalue weighted by Crippen LogP contribution is -2.25. The molecule has 37 heavy (non-hydrogen) atoms. The number of allylic oxidation sites excluding steroid dienone is 5. The van der Waals surface area contributed by atoms with Gasteiger partial charge in [0.1, 0.15) is 23.9 Å². The van der Waals surface area contributed by atoms with E-state index in [-0.39, 0.29) is 18.2 Å². The Morgan fingerprint density at radius 1 is 1.27 bits per heavy atom. The maximum atomic E-state index is 14.6. The Hall–Kier alpha value is -4.10. The zero-order chi connectivity index (χ0) is 26.5. The van der Waals surface area contributed by atoms with Crippen LogP contribution in [0.25, 0.3) is 17.0 Å². The molecule has 1 aliphatic heterocycles. The third kappa shape index (κ3) is 5.67. The topological polar surface area (TPSA) is 68.5 Å². The first-order chi connectivity index (χ1) is 17.8. The van der Waals surface area contributed by atoms with Crippen LogP contribution in [0.4, 0.5) is 4.39 Å². The summed E-state index contributed by atoms with van der Waals surface area (Å²) in [5, 5.41) is 17.2. The standard InChI is InChI=1S/C30H32FN3O3/c1-19(8-6-10-21(3)34-30(36-5)26(17-33-34)22(4)35)25-11-7-9-20(2)29(25)37-18-23-14-24-12-13-32-16-27(24)28(31)15-23/h6-11,14-15,17,32,35H,1,4,12-13,16,18H2,2-3,5H3/b8-6-,21-10+. The summed E-state index contributed by atoms with van der Waals surface area (Å²) in [5.74, 6) is 0.823. The molecule has 2 N–H and O–H groups in total. The van der Waals surface area contributed by atoms with Crippen LogP contribution in [0.1, 0.15) is 40.3 Å². The lowest BCUT2D eigenvalue weighted by Gasteiger charge is -2.20. The molecule has 3 aromatic rings. The number of fused-ring (bicyclic) bond motifs is 1. The highest BCUT2D eigenvalue weighted by Crippen LogP contribution is 2.31. The van der Waals surface area contributed by atoms with Gasteiger partial charge in [-0.05, 0) is 61.2 Å².